The standard InChI is InChI=1S/C29H33N5O2/c1-19-16-25(23-4-3-5-23)26(28-31-27(32-33-28)12-15-36-2)17-24(19)29(35)34-13-10-22(11-14-34)21-8-6-20(18-30)7-9-21/h6-9,16-17,22-23H,3-5,10-15H2,1-2H3,(H,31,32,33). The molecule has 1 amide bonds. The normalized spacial score (nSPS) is 16.5. The van der Waals surface area contributed by atoms with Gasteiger partial charge in [-0.25, -0.2) is 0 Å². The van der Waals surface area contributed by atoms with Gasteiger partial charge < -0.3 is 14.6 Å². The molecule has 0 bridgehead atoms. The topological polar surface area (TPSA) is 94.9 Å². The molecule has 2 aromatic carbocycles. The Morgan fingerprint density at radius 2 is 1.86 bits per heavy atom. The minimum Gasteiger partial charge on any atom is -0.384 e. The molecule has 0 unspecified atom stereocenters. The minimum absolute atomic E-state index is 0.0892. The lowest BCUT2D eigenvalue weighted by Crippen LogP contribution is -2.38. The number of ether oxygens (including phenoxy) is 1. The summed E-state index contributed by atoms with van der Waals surface area (Å²) in [5.74, 6) is 2.55. The summed E-state index contributed by atoms with van der Waals surface area (Å²) in [5, 5.41) is 17.8. The van der Waals surface area contributed by atoms with Gasteiger partial charge in [-0.15, -0.1) is 10.2 Å². The number of aromatic amines is 1. The maximum absolute atomic E-state index is 13.7. The molecule has 0 radical (unpaired) electrons. The van der Waals surface area contributed by atoms with Crippen LogP contribution in [0.1, 0.15) is 82.4 Å². The van der Waals surface area contributed by atoms with Crippen LogP contribution in [0.15, 0.2) is 36.4 Å². The van der Waals surface area contributed by atoms with E-state index in [1.54, 1.807) is 7.11 Å². The smallest absolute Gasteiger partial charge is 0.254 e. The highest BCUT2D eigenvalue weighted by molar-refractivity contribution is 5.97. The molecule has 0 atom stereocenters. The Kier molecular flexibility index (Phi) is 7.15. The summed E-state index contributed by atoms with van der Waals surface area (Å²) >= 11 is 0. The molecule has 2 aliphatic rings. The molecule has 5 rings (SSSR count). The van der Waals surface area contributed by atoms with E-state index in [0.717, 1.165) is 54.3 Å². The molecule has 186 valence electrons. The van der Waals surface area contributed by atoms with E-state index in [2.05, 4.69) is 39.4 Å². The highest BCUT2D eigenvalue weighted by Crippen LogP contribution is 2.42. The number of likely N-dealkylation sites (tertiary alicyclic amines) is 1. The van der Waals surface area contributed by atoms with E-state index in [0.29, 0.717) is 30.4 Å². The number of amides is 1. The Hall–Kier alpha value is -3.50. The maximum Gasteiger partial charge on any atom is 0.254 e. The summed E-state index contributed by atoms with van der Waals surface area (Å²) in [5.41, 5.74) is 5.97. The third kappa shape index (κ3) is 4.91. The number of nitriles is 1. The SMILES string of the molecule is COCCc1nnc(-c2cc(C(=O)N3CCC(c4ccc(C#N)cc4)CC3)c(C)cc2C2CCC2)[nH]1. The highest BCUT2D eigenvalue weighted by atomic mass is 16.5. The monoisotopic (exact) mass is 483 g/mol. The van der Waals surface area contributed by atoms with Crippen molar-refractivity contribution in [1.29, 1.82) is 5.26 Å². The van der Waals surface area contributed by atoms with E-state index in [9.17, 15) is 4.79 Å². The van der Waals surface area contributed by atoms with Gasteiger partial charge in [0.25, 0.3) is 5.91 Å². The summed E-state index contributed by atoms with van der Waals surface area (Å²) in [6.45, 7) is 4.09. The molecule has 7 nitrogen and oxygen atoms in total. The molecule has 1 aliphatic carbocycles. The molecular formula is C29H33N5O2. The van der Waals surface area contributed by atoms with Crippen LogP contribution in [-0.2, 0) is 11.2 Å². The average Bonchev–Trinajstić information content (AvgIpc) is 3.35. The molecular weight excluding hydrogens is 450 g/mol. The van der Waals surface area contributed by atoms with Gasteiger partial charge in [-0.2, -0.15) is 5.26 Å². The second-order valence-corrected chi connectivity index (χ2v) is 10.0. The molecule has 2 heterocycles. The molecule has 0 spiro atoms. The van der Waals surface area contributed by atoms with Crippen LogP contribution < -0.4 is 0 Å². The van der Waals surface area contributed by atoms with Crippen molar-refractivity contribution in [2.75, 3.05) is 26.8 Å². The molecule has 1 saturated heterocycles. The quantitative estimate of drug-likeness (QED) is 0.503. The van der Waals surface area contributed by atoms with Crippen LogP contribution in [0.5, 0.6) is 0 Å². The Labute approximate surface area is 212 Å². The third-order valence-corrected chi connectivity index (χ3v) is 7.80. The summed E-state index contributed by atoms with van der Waals surface area (Å²) in [6.07, 6.45) is 6.12. The molecule has 7 heteroatoms. The molecule has 1 aromatic heterocycles. The summed E-state index contributed by atoms with van der Waals surface area (Å²) in [4.78, 5) is 19.0. The number of aromatic nitrogens is 3. The highest BCUT2D eigenvalue weighted by Gasteiger charge is 2.29. The van der Waals surface area contributed by atoms with Gasteiger partial charge in [0.05, 0.1) is 18.2 Å². The van der Waals surface area contributed by atoms with Crippen molar-refractivity contribution in [2.24, 2.45) is 0 Å². The number of carbonyl (C=O) groups excluding carboxylic acids is 1. The van der Waals surface area contributed by atoms with Crippen molar-refractivity contribution < 1.29 is 9.53 Å². The molecule has 3 aromatic rings. The number of benzene rings is 2. The van der Waals surface area contributed by atoms with Gasteiger partial charge in [-0.1, -0.05) is 24.6 Å². The van der Waals surface area contributed by atoms with Crippen LogP contribution in [0.25, 0.3) is 11.4 Å². The number of rotatable bonds is 7. The second kappa shape index (κ2) is 10.6. The maximum atomic E-state index is 13.7. The number of nitrogens with zero attached hydrogens (tertiary/aromatic N) is 4. The third-order valence-electron chi connectivity index (χ3n) is 7.80. The number of nitrogens with one attached hydrogen (secondary N) is 1. The Balaban J connectivity index is 1.36. The zero-order valence-corrected chi connectivity index (χ0v) is 21.1. The minimum atomic E-state index is 0.0892. The Morgan fingerprint density at radius 1 is 1.11 bits per heavy atom. The van der Waals surface area contributed by atoms with E-state index in [1.165, 1.54) is 30.4 Å². The first-order valence-corrected chi connectivity index (χ1v) is 12.9. The van der Waals surface area contributed by atoms with Gasteiger partial charge in [0.1, 0.15) is 5.82 Å². The van der Waals surface area contributed by atoms with E-state index in [4.69, 9.17) is 10.00 Å². The van der Waals surface area contributed by atoms with Crippen LogP contribution in [0.4, 0.5) is 0 Å². The zero-order chi connectivity index (χ0) is 25.1. The van der Waals surface area contributed by atoms with Crippen molar-refractivity contribution >= 4 is 5.91 Å². The zero-order valence-electron chi connectivity index (χ0n) is 21.1. The summed E-state index contributed by atoms with van der Waals surface area (Å²) < 4.78 is 5.18. The number of H-pyrrole nitrogens is 1. The lowest BCUT2D eigenvalue weighted by molar-refractivity contribution is 0.0712. The van der Waals surface area contributed by atoms with E-state index >= 15 is 0 Å². The van der Waals surface area contributed by atoms with Gasteiger partial charge in [-0.05, 0) is 79.3 Å². The lowest BCUT2D eigenvalue weighted by Gasteiger charge is -2.33. The first-order valence-electron chi connectivity index (χ1n) is 12.9. The fraction of sp³-hybridized carbons (Fsp3) is 0.448. The molecule has 36 heavy (non-hydrogen) atoms. The predicted octanol–water partition coefficient (Wildman–Crippen LogP) is 5.13. The van der Waals surface area contributed by atoms with Crippen molar-refractivity contribution in [2.45, 2.75) is 57.3 Å². The lowest BCUT2D eigenvalue weighted by atomic mass is 9.77. The van der Waals surface area contributed by atoms with Crippen LogP contribution in [0, 0.1) is 18.3 Å². The van der Waals surface area contributed by atoms with E-state index in [-0.39, 0.29) is 5.91 Å². The van der Waals surface area contributed by atoms with Crippen LogP contribution >= 0.6 is 0 Å². The number of piperidine rings is 1. The fourth-order valence-electron chi connectivity index (χ4n) is 5.37. The Morgan fingerprint density at radius 3 is 2.50 bits per heavy atom. The predicted molar refractivity (Wildman–Crippen MR) is 138 cm³/mol. The second-order valence-electron chi connectivity index (χ2n) is 10.0. The summed E-state index contributed by atoms with van der Waals surface area (Å²) in [6, 6.07) is 14.3. The summed E-state index contributed by atoms with van der Waals surface area (Å²) in [7, 11) is 1.68. The molecule has 2 fully saturated rings. The van der Waals surface area contributed by atoms with Gasteiger partial charge >= 0.3 is 0 Å². The van der Waals surface area contributed by atoms with Gasteiger partial charge in [0.2, 0.25) is 0 Å². The van der Waals surface area contributed by atoms with Gasteiger partial charge in [0, 0.05) is 37.7 Å². The number of aryl methyl sites for hydroxylation is 1. The number of methoxy groups -OCH3 is 1. The van der Waals surface area contributed by atoms with Crippen molar-refractivity contribution in [3.05, 3.63) is 70.0 Å². The molecule has 1 saturated carbocycles. The van der Waals surface area contributed by atoms with Crippen molar-refractivity contribution in [3.8, 4) is 17.5 Å². The molecule has 1 aliphatic heterocycles. The number of carbonyl (C=O) groups is 1. The van der Waals surface area contributed by atoms with Gasteiger partial charge in [-0.3, -0.25) is 4.79 Å². The van der Waals surface area contributed by atoms with Crippen LogP contribution in [-0.4, -0.2) is 52.8 Å². The molecule has 1 N–H and O–H groups in total. The number of hydrogen-bond acceptors (Lipinski definition) is 5. The Bertz CT molecular complexity index is 1260. The first kappa shape index (κ1) is 24.2. The number of hydrogen-bond donors (Lipinski definition) is 1. The average molecular weight is 484 g/mol. The van der Waals surface area contributed by atoms with Crippen molar-refractivity contribution in [3.63, 3.8) is 0 Å². The van der Waals surface area contributed by atoms with Gasteiger partial charge in [0.15, 0.2) is 5.82 Å². The van der Waals surface area contributed by atoms with Crippen LogP contribution in [0.3, 0.4) is 0 Å². The van der Waals surface area contributed by atoms with Crippen LogP contribution in [0.2, 0.25) is 0 Å². The largest absolute Gasteiger partial charge is 0.384 e. The van der Waals surface area contributed by atoms with Crippen molar-refractivity contribution in [1.82, 2.24) is 20.1 Å². The van der Waals surface area contributed by atoms with E-state index < -0.39 is 0 Å². The first-order chi connectivity index (χ1) is 17.6. The van der Waals surface area contributed by atoms with E-state index in [1.807, 2.05) is 30.0 Å². The fourth-order valence-corrected chi connectivity index (χ4v) is 5.37.